The van der Waals surface area contributed by atoms with E-state index in [1.54, 1.807) is 33.9 Å². The van der Waals surface area contributed by atoms with Crippen LogP contribution in [0.1, 0.15) is 32.1 Å². The number of urea groups is 1. The van der Waals surface area contributed by atoms with E-state index in [4.69, 9.17) is 9.47 Å². The Morgan fingerprint density at radius 1 is 1.22 bits per heavy atom. The van der Waals surface area contributed by atoms with Gasteiger partial charge in [0.05, 0.1) is 19.2 Å². The molecule has 2 saturated heterocycles. The van der Waals surface area contributed by atoms with Gasteiger partial charge in [0.25, 0.3) is 0 Å². The Morgan fingerprint density at radius 2 is 2.00 bits per heavy atom. The molecule has 1 N–H and O–H groups in total. The molecule has 27 heavy (non-hydrogen) atoms. The molecule has 0 spiro atoms. The molecule has 2 aliphatic heterocycles. The van der Waals surface area contributed by atoms with Gasteiger partial charge in [0.1, 0.15) is 6.61 Å². The summed E-state index contributed by atoms with van der Waals surface area (Å²) in [5.74, 6) is 0.509. The van der Waals surface area contributed by atoms with Crippen LogP contribution in [-0.2, 0) is 16.0 Å². The summed E-state index contributed by atoms with van der Waals surface area (Å²) in [6, 6.07) is 1.47. The highest BCUT2D eigenvalue weighted by Crippen LogP contribution is 2.19. The SMILES string of the molecule is COCCn1ccc(NC(=O)N2CCCCC2COC(=O)N2CCCC2)n1. The summed E-state index contributed by atoms with van der Waals surface area (Å²) < 4.78 is 12.2. The fourth-order valence-corrected chi connectivity index (χ4v) is 3.52. The van der Waals surface area contributed by atoms with Crippen molar-refractivity contribution in [1.29, 1.82) is 0 Å². The average Bonchev–Trinajstić information content (AvgIpc) is 3.37. The highest BCUT2D eigenvalue weighted by molar-refractivity contribution is 5.88. The lowest BCUT2D eigenvalue weighted by molar-refractivity contribution is 0.0681. The van der Waals surface area contributed by atoms with Gasteiger partial charge in [0.2, 0.25) is 0 Å². The first-order valence-electron chi connectivity index (χ1n) is 9.69. The van der Waals surface area contributed by atoms with E-state index in [0.717, 1.165) is 45.2 Å². The van der Waals surface area contributed by atoms with Gasteiger partial charge < -0.3 is 19.3 Å². The zero-order valence-corrected chi connectivity index (χ0v) is 15.9. The van der Waals surface area contributed by atoms with Gasteiger partial charge in [-0.15, -0.1) is 0 Å². The quantitative estimate of drug-likeness (QED) is 0.818. The first kappa shape index (κ1) is 19.5. The first-order chi connectivity index (χ1) is 13.2. The van der Waals surface area contributed by atoms with E-state index >= 15 is 0 Å². The van der Waals surface area contributed by atoms with Gasteiger partial charge in [-0.25, -0.2) is 9.59 Å². The molecule has 2 aliphatic rings. The van der Waals surface area contributed by atoms with Crippen LogP contribution in [-0.4, -0.2) is 77.7 Å². The number of nitrogens with zero attached hydrogens (tertiary/aromatic N) is 4. The Hall–Kier alpha value is -2.29. The highest BCUT2D eigenvalue weighted by atomic mass is 16.6. The number of likely N-dealkylation sites (tertiary alicyclic amines) is 2. The predicted octanol–water partition coefficient (Wildman–Crippen LogP) is 2.15. The van der Waals surface area contributed by atoms with Gasteiger partial charge in [0.15, 0.2) is 5.82 Å². The minimum atomic E-state index is -0.268. The number of rotatable bonds is 6. The molecule has 3 amide bonds. The number of hydrogen-bond acceptors (Lipinski definition) is 5. The highest BCUT2D eigenvalue weighted by Gasteiger charge is 2.29. The van der Waals surface area contributed by atoms with Gasteiger partial charge in [-0.3, -0.25) is 10.00 Å². The summed E-state index contributed by atoms with van der Waals surface area (Å²) in [5, 5.41) is 7.16. The maximum atomic E-state index is 12.7. The normalized spacial score (nSPS) is 20.0. The lowest BCUT2D eigenvalue weighted by atomic mass is 10.0. The lowest BCUT2D eigenvalue weighted by Crippen LogP contribution is -2.48. The summed E-state index contributed by atoms with van der Waals surface area (Å²) in [7, 11) is 1.64. The molecule has 1 aromatic rings. The molecule has 9 heteroatoms. The fourth-order valence-electron chi connectivity index (χ4n) is 3.52. The molecule has 0 bridgehead atoms. The summed E-state index contributed by atoms with van der Waals surface area (Å²) >= 11 is 0. The van der Waals surface area contributed by atoms with Crippen LogP contribution in [0, 0.1) is 0 Å². The van der Waals surface area contributed by atoms with E-state index in [-0.39, 0.29) is 24.8 Å². The summed E-state index contributed by atoms with van der Waals surface area (Å²) in [4.78, 5) is 28.3. The number of ether oxygens (including phenoxy) is 2. The van der Waals surface area contributed by atoms with Crippen LogP contribution >= 0.6 is 0 Å². The molecule has 1 atom stereocenters. The number of methoxy groups -OCH3 is 1. The average molecular weight is 379 g/mol. The van der Waals surface area contributed by atoms with Crippen molar-refractivity contribution in [3.8, 4) is 0 Å². The topological polar surface area (TPSA) is 88.9 Å². The second-order valence-corrected chi connectivity index (χ2v) is 7.00. The fraction of sp³-hybridized carbons (Fsp3) is 0.722. The third-order valence-electron chi connectivity index (χ3n) is 5.05. The minimum Gasteiger partial charge on any atom is -0.447 e. The molecule has 2 fully saturated rings. The minimum absolute atomic E-state index is 0.0964. The second-order valence-electron chi connectivity index (χ2n) is 7.00. The smallest absolute Gasteiger partial charge is 0.409 e. The molecule has 0 saturated carbocycles. The zero-order valence-electron chi connectivity index (χ0n) is 15.9. The van der Waals surface area contributed by atoms with Crippen molar-refractivity contribution < 1.29 is 19.1 Å². The van der Waals surface area contributed by atoms with Crippen molar-refractivity contribution >= 4 is 17.9 Å². The molecule has 1 aromatic heterocycles. The number of carbonyl (C=O) groups excluding carboxylic acids is 2. The van der Waals surface area contributed by atoms with Crippen molar-refractivity contribution in [2.24, 2.45) is 0 Å². The largest absolute Gasteiger partial charge is 0.447 e. The Bertz CT molecular complexity index is 629. The summed E-state index contributed by atoms with van der Waals surface area (Å²) in [6.07, 6.45) is 6.42. The van der Waals surface area contributed by atoms with Crippen LogP contribution in [0.4, 0.5) is 15.4 Å². The number of carbonyl (C=O) groups is 2. The number of hydrogen-bond donors (Lipinski definition) is 1. The Morgan fingerprint density at radius 3 is 2.78 bits per heavy atom. The number of aromatic nitrogens is 2. The Kier molecular flexibility index (Phi) is 6.92. The summed E-state index contributed by atoms with van der Waals surface area (Å²) in [6.45, 7) is 3.61. The third kappa shape index (κ3) is 5.35. The molecule has 0 aromatic carbocycles. The lowest BCUT2D eigenvalue weighted by Gasteiger charge is -2.35. The maximum Gasteiger partial charge on any atom is 0.409 e. The third-order valence-corrected chi connectivity index (χ3v) is 5.05. The molecule has 150 valence electrons. The van der Waals surface area contributed by atoms with Crippen molar-refractivity contribution in [1.82, 2.24) is 19.6 Å². The number of amides is 3. The van der Waals surface area contributed by atoms with E-state index in [0.29, 0.717) is 25.5 Å². The van der Waals surface area contributed by atoms with Crippen LogP contribution in [0.5, 0.6) is 0 Å². The molecule has 3 heterocycles. The molecule has 1 unspecified atom stereocenters. The van der Waals surface area contributed by atoms with E-state index in [2.05, 4.69) is 10.4 Å². The van der Waals surface area contributed by atoms with Crippen LogP contribution in [0.25, 0.3) is 0 Å². The van der Waals surface area contributed by atoms with Crippen molar-refractivity contribution in [2.45, 2.75) is 44.7 Å². The maximum absolute atomic E-state index is 12.7. The molecule has 0 radical (unpaired) electrons. The van der Waals surface area contributed by atoms with Crippen LogP contribution < -0.4 is 5.32 Å². The van der Waals surface area contributed by atoms with E-state index < -0.39 is 0 Å². The molecule has 0 aliphatic carbocycles. The zero-order chi connectivity index (χ0) is 19.1. The molecule has 9 nitrogen and oxygen atoms in total. The number of nitrogens with one attached hydrogen (secondary N) is 1. The van der Waals surface area contributed by atoms with Crippen molar-refractivity contribution in [3.05, 3.63) is 12.3 Å². The Labute approximate surface area is 159 Å². The monoisotopic (exact) mass is 379 g/mol. The van der Waals surface area contributed by atoms with Crippen LogP contribution in [0.2, 0.25) is 0 Å². The number of piperidine rings is 1. The standard InChI is InChI=1S/C18H29N5O4/c1-26-13-12-22-11-7-16(20-22)19-17(24)23-10-3-2-6-15(23)14-27-18(25)21-8-4-5-9-21/h7,11,15H,2-6,8-10,12-14H2,1H3,(H,19,20,24). The van der Waals surface area contributed by atoms with Gasteiger partial charge in [-0.05, 0) is 32.1 Å². The van der Waals surface area contributed by atoms with Crippen LogP contribution in [0.15, 0.2) is 12.3 Å². The van der Waals surface area contributed by atoms with Gasteiger partial charge in [-0.2, -0.15) is 5.10 Å². The van der Waals surface area contributed by atoms with Crippen LogP contribution in [0.3, 0.4) is 0 Å². The van der Waals surface area contributed by atoms with E-state index in [1.165, 1.54) is 0 Å². The molecule has 3 rings (SSSR count). The molecular weight excluding hydrogens is 350 g/mol. The number of anilines is 1. The van der Waals surface area contributed by atoms with Crippen molar-refractivity contribution in [2.75, 3.05) is 45.3 Å². The Balaban J connectivity index is 1.51. The van der Waals surface area contributed by atoms with Gasteiger partial charge in [0, 0.05) is 39.0 Å². The van der Waals surface area contributed by atoms with Gasteiger partial charge in [-0.1, -0.05) is 0 Å². The predicted molar refractivity (Wildman–Crippen MR) is 99.6 cm³/mol. The van der Waals surface area contributed by atoms with E-state index in [9.17, 15) is 9.59 Å². The summed E-state index contributed by atoms with van der Waals surface area (Å²) in [5.41, 5.74) is 0. The molecular formula is C18H29N5O4. The van der Waals surface area contributed by atoms with Gasteiger partial charge >= 0.3 is 12.1 Å². The van der Waals surface area contributed by atoms with E-state index in [1.807, 2.05) is 0 Å². The van der Waals surface area contributed by atoms with Crippen molar-refractivity contribution in [3.63, 3.8) is 0 Å². The first-order valence-corrected chi connectivity index (χ1v) is 9.69. The second kappa shape index (κ2) is 9.59.